The molecule has 2 heterocycles. The average molecular weight is 319 g/mol. The number of ketones is 1. The first-order valence-electron chi connectivity index (χ1n) is 7.62. The minimum atomic E-state index is 0.0131. The molecule has 5 heteroatoms. The maximum atomic E-state index is 12.9. The second-order valence-corrected chi connectivity index (χ2v) is 6.15. The van der Waals surface area contributed by atoms with Crippen molar-refractivity contribution in [2.75, 3.05) is 13.1 Å². The van der Waals surface area contributed by atoms with E-state index in [1.807, 2.05) is 36.6 Å². The largest absolute Gasteiger partial charge is 0.337 e. The van der Waals surface area contributed by atoms with Gasteiger partial charge in [-0.05, 0) is 37.6 Å². The molecule has 0 radical (unpaired) electrons. The Kier molecular flexibility index (Phi) is 3.96. The van der Waals surface area contributed by atoms with Crippen LogP contribution < -0.4 is 0 Å². The van der Waals surface area contributed by atoms with E-state index in [2.05, 4.69) is 0 Å². The van der Waals surface area contributed by atoms with E-state index >= 15 is 0 Å². The summed E-state index contributed by atoms with van der Waals surface area (Å²) in [6, 6.07) is 5.73. The number of piperidine rings is 1. The number of hydrogen-bond donors (Lipinski definition) is 0. The maximum Gasteiger partial charge on any atom is 0.270 e. The first-order valence-corrected chi connectivity index (χ1v) is 8.00. The highest BCUT2D eigenvalue weighted by Gasteiger charge is 2.27. The third-order valence-corrected chi connectivity index (χ3v) is 4.64. The summed E-state index contributed by atoms with van der Waals surface area (Å²) in [7, 11) is 0. The molecule has 0 aliphatic carbocycles. The summed E-state index contributed by atoms with van der Waals surface area (Å²) < 4.78 is 2.04. The summed E-state index contributed by atoms with van der Waals surface area (Å²) >= 11 is 6.10. The SMILES string of the molecule is CCn1c(C(=O)N2CCC(=O)CC2)c(C)c2cc(Cl)ccc21. The fourth-order valence-corrected chi connectivity index (χ4v) is 3.38. The smallest absolute Gasteiger partial charge is 0.270 e. The van der Waals surface area contributed by atoms with Gasteiger partial charge < -0.3 is 9.47 Å². The molecule has 22 heavy (non-hydrogen) atoms. The third-order valence-electron chi connectivity index (χ3n) is 4.41. The first kappa shape index (κ1) is 15.1. The van der Waals surface area contributed by atoms with E-state index in [4.69, 9.17) is 11.6 Å². The van der Waals surface area contributed by atoms with Crippen LogP contribution in [0.5, 0.6) is 0 Å². The number of carbonyl (C=O) groups excluding carboxylic acids is 2. The van der Waals surface area contributed by atoms with Crippen LogP contribution in [0.4, 0.5) is 0 Å². The van der Waals surface area contributed by atoms with Crippen molar-refractivity contribution >= 4 is 34.2 Å². The lowest BCUT2D eigenvalue weighted by Gasteiger charge is -2.26. The third kappa shape index (κ3) is 2.41. The van der Waals surface area contributed by atoms with Crippen LogP contribution in [0.2, 0.25) is 5.02 Å². The molecule has 1 aromatic carbocycles. The molecule has 0 spiro atoms. The van der Waals surface area contributed by atoms with Crippen molar-refractivity contribution in [3.63, 3.8) is 0 Å². The van der Waals surface area contributed by atoms with Crippen molar-refractivity contribution in [3.05, 3.63) is 34.5 Å². The van der Waals surface area contributed by atoms with Gasteiger partial charge in [0, 0.05) is 48.4 Å². The number of benzene rings is 1. The normalized spacial score (nSPS) is 15.6. The molecule has 1 aliphatic heterocycles. The number of likely N-dealkylation sites (tertiary alicyclic amines) is 1. The number of aromatic nitrogens is 1. The Morgan fingerprint density at radius 1 is 1.27 bits per heavy atom. The fourth-order valence-electron chi connectivity index (χ4n) is 3.21. The molecule has 1 aliphatic rings. The molecule has 1 fully saturated rings. The van der Waals surface area contributed by atoms with Crippen LogP contribution in [0.15, 0.2) is 18.2 Å². The lowest BCUT2D eigenvalue weighted by Crippen LogP contribution is -2.39. The van der Waals surface area contributed by atoms with Gasteiger partial charge in [0.1, 0.15) is 11.5 Å². The highest BCUT2D eigenvalue weighted by atomic mass is 35.5. The van der Waals surface area contributed by atoms with Crippen LogP contribution >= 0.6 is 11.6 Å². The molecule has 3 rings (SSSR count). The zero-order chi connectivity index (χ0) is 15.9. The number of fused-ring (bicyclic) bond motifs is 1. The predicted molar refractivity (Wildman–Crippen MR) is 87.5 cm³/mol. The second-order valence-electron chi connectivity index (χ2n) is 5.71. The minimum absolute atomic E-state index is 0.0131. The Labute approximate surface area is 134 Å². The summed E-state index contributed by atoms with van der Waals surface area (Å²) in [4.78, 5) is 26.1. The van der Waals surface area contributed by atoms with E-state index in [1.165, 1.54) is 0 Å². The van der Waals surface area contributed by atoms with Gasteiger partial charge in [-0.25, -0.2) is 0 Å². The molecule has 0 unspecified atom stereocenters. The van der Waals surface area contributed by atoms with Gasteiger partial charge in [0.15, 0.2) is 0 Å². The van der Waals surface area contributed by atoms with E-state index in [0.29, 0.717) is 36.6 Å². The van der Waals surface area contributed by atoms with Gasteiger partial charge in [0.25, 0.3) is 5.91 Å². The average Bonchev–Trinajstić information content (AvgIpc) is 2.79. The van der Waals surface area contributed by atoms with Gasteiger partial charge in [-0.3, -0.25) is 9.59 Å². The summed E-state index contributed by atoms with van der Waals surface area (Å²) in [5.74, 6) is 0.253. The van der Waals surface area contributed by atoms with Crippen molar-refractivity contribution in [1.82, 2.24) is 9.47 Å². The zero-order valence-corrected chi connectivity index (χ0v) is 13.6. The standard InChI is InChI=1S/C17H19ClN2O2/c1-3-20-15-5-4-12(18)10-14(15)11(2)16(20)17(22)19-8-6-13(21)7-9-19/h4-5,10H,3,6-9H2,1-2H3. The van der Waals surface area contributed by atoms with Crippen LogP contribution in [0.1, 0.15) is 35.8 Å². The van der Waals surface area contributed by atoms with Crippen molar-refractivity contribution < 1.29 is 9.59 Å². The highest BCUT2D eigenvalue weighted by molar-refractivity contribution is 6.31. The van der Waals surface area contributed by atoms with Crippen molar-refractivity contribution in [3.8, 4) is 0 Å². The number of aryl methyl sites for hydroxylation is 2. The Morgan fingerprint density at radius 3 is 2.59 bits per heavy atom. The number of halogens is 1. The lowest BCUT2D eigenvalue weighted by atomic mass is 10.1. The Bertz CT molecular complexity index is 754. The zero-order valence-electron chi connectivity index (χ0n) is 12.9. The number of Topliss-reactive ketones (excluding diaryl/α,β-unsaturated/α-hetero) is 1. The van der Waals surface area contributed by atoms with Gasteiger partial charge in [0.2, 0.25) is 0 Å². The van der Waals surface area contributed by atoms with Crippen molar-refractivity contribution in [2.45, 2.75) is 33.2 Å². The monoisotopic (exact) mass is 318 g/mol. The maximum absolute atomic E-state index is 12.9. The van der Waals surface area contributed by atoms with Crippen molar-refractivity contribution in [1.29, 1.82) is 0 Å². The number of amides is 1. The van der Waals surface area contributed by atoms with Crippen LogP contribution in [0.25, 0.3) is 10.9 Å². The summed E-state index contributed by atoms with van der Waals surface area (Å²) in [5, 5.41) is 1.69. The number of rotatable bonds is 2. The molecule has 1 saturated heterocycles. The summed E-state index contributed by atoms with van der Waals surface area (Å²) in [6.07, 6.45) is 0.923. The molecular formula is C17H19ClN2O2. The summed E-state index contributed by atoms with van der Waals surface area (Å²) in [5.41, 5.74) is 2.70. The molecule has 0 N–H and O–H groups in total. The van der Waals surface area contributed by atoms with Crippen LogP contribution in [-0.4, -0.2) is 34.2 Å². The van der Waals surface area contributed by atoms with E-state index < -0.39 is 0 Å². The molecule has 0 atom stereocenters. The first-order chi connectivity index (χ1) is 10.5. The Balaban J connectivity index is 2.07. The second kappa shape index (κ2) is 5.76. The molecular weight excluding hydrogens is 300 g/mol. The van der Waals surface area contributed by atoms with Crippen LogP contribution in [0, 0.1) is 6.92 Å². The number of carbonyl (C=O) groups is 2. The molecule has 1 aromatic heterocycles. The summed E-state index contributed by atoms with van der Waals surface area (Å²) in [6.45, 7) is 5.75. The predicted octanol–water partition coefficient (Wildman–Crippen LogP) is 3.43. The van der Waals surface area contributed by atoms with Gasteiger partial charge in [0.05, 0.1) is 0 Å². The topological polar surface area (TPSA) is 42.3 Å². The molecule has 4 nitrogen and oxygen atoms in total. The molecule has 116 valence electrons. The van der Waals surface area contributed by atoms with Gasteiger partial charge in [-0.15, -0.1) is 0 Å². The van der Waals surface area contributed by atoms with E-state index in [-0.39, 0.29) is 11.7 Å². The molecule has 2 aromatic rings. The molecule has 0 bridgehead atoms. The van der Waals surface area contributed by atoms with E-state index in [0.717, 1.165) is 23.0 Å². The highest BCUT2D eigenvalue weighted by Crippen LogP contribution is 2.29. The number of hydrogen-bond acceptors (Lipinski definition) is 2. The molecule has 0 saturated carbocycles. The fraction of sp³-hybridized carbons (Fsp3) is 0.412. The Hall–Kier alpha value is -1.81. The van der Waals surface area contributed by atoms with Crippen molar-refractivity contribution in [2.24, 2.45) is 0 Å². The van der Waals surface area contributed by atoms with Crippen LogP contribution in [-0.2, 0) is 11.3 Å². The van der Waals surface area contributed by atoms with E-state index in [9.17, 15) is 9.59 Å². The van der Waals surface area contributed by atoms with Gasteiger partial charge in [-0.1, -0.05) is 11.6 Å². The van der Waals surface area contributed by atoms with Crippen LogP contribution in [0.3, 0.4) is 0 Å². The van der Waals surface area contributed by atoms with Gasteiger partial charge >= 0.3 is 0 Å². The van der Waals surface area contributed by atoms with E-state index in [1.54, 1.807) is 4.90 Å². The van der Waals surface area contributed by atoms with Gasteiger partial charge in [-0.2, -0.15) is 0 Å². The number of nitrogens with zero attached hydrogens (tertiary/aromatic N) is 2. The molecule has 1 amide bonds. The minimum Gasteiger partial charge on any atom is -0.337 e. The lowest BCUT2D eigenvalue weighted by molar-refractivity contribution is -0.120. The Morgan fingerprint density at radius 2 is 1.95 bits per heavy atom. The quantitative estimate of drug-likeness (QED) is 0.851.